The number of aryl methyl sites for hydroxylation is 4. The molecule has 53 heavy (non-hydrogen) atoms. The Morgan fingerprint density at radius 1 is 0.679 bits per heavy atom. The number of nitrogens with two attached hydrogens (primary N) is 1. The molecule has 2 heterocycles. The molecule has 0 atom stereocenters. The number of aromatic carboxylic acids is 1. The first kappa shape index (κ1) is 43.2. The monoisotopic (exact) mass is 726 g/mol. The zero-order valence-electron chi connectivity index (χ0n) is 29.3. The van der Waals surface area contributed by atoms with Crippen molar-refractivity contribution in [1.29, 1.82) is 0 Å². The van der Waals surface area contributed by atoms with Gasteiger partial charge in [-0.2, -0.15) is 0 Å². The highest BCUT2D eigenvalue weighted by Crippen LogP contribution is 2.22. The van der Waals surface area contributed by atoms with E-state index in [9.17, 15) is 18.4 Å². The molecule has 6 aromatic rings. The maximum absolute atomic E-state index is 13.7. The number of carboxylic acids is 1. The zero-order valence-corrected chi connectivity index (χ0v) is 29.3. The summed E-state index contributed by atoms with van der Waals surface area (Å²) in [5.41, 5.74) is 13.3. The van der Waals surface area contributed by atoms with E-state index in [1.54, 1.807) is 48.5 Å². The van der Waals surface area contributed by atoms with Gasteiger partial charge in [0.2, 0.25) is 0 Å². The molecule has 0 aliphatic rings. The highest BCUT2D eigenvalue weighted by molar-refractivity contribution is 5.98. The molecule has 0 spiro atoms. The van der Waals surface area contributed by atoms with E-state index in [2.05, 4.69) is 15.3 Å². The summed E-state index contributed by atoms with van der Waals surface area (Å²) >= 11 is 0. The van der Waals surface area contributed by atoms with Gasteiger partial charge in [0.15, 0.2) is 23.1 Å². The molecule has 6 rings (SSSR count). The molecule has 0 radical (unpaired) electrons. The molecule has 0 unspecified atom stereocenters. The standard InChI is InChI=1S/C20H19FN2O2.C12H11NO2.C8H10FNO.2CH4/c1-12-8-13(2)23-18-6-5-15(10-16(12)18)20(24)22-11-14-4-7-19(25-3)17(21)9-14;1-7-5-8(2)13-11-4-3-9(12(14)15)6-10(7)11;1-11-8-3-2-6(5-10)4-7(8)9;;/h4-10H,11H2,1-3H3,(H,22,24);3-6H,1-2H3,(H,14,15);2-4H,5,10H2,1H3;2*1H4. The van der Waals surface area contributed by atoms with Gasteiger partial charge in [-0.3, -0.25) is 14.8 Å². The highest BCUT2D eigenvalue weighted by atomic mass is 19.1. The summed E-state index contributed by atoms with van der Waals surface area (Å²) in [6.07, 6.45) is 0. The smallest absolute Gasteiger partial charge is 0.335 e. The third kappa shape index (κ3) is 11.3. The van der Waals surface area contributed by atoms with Gasteiger partial charge in [0.25, 0.3) is 5.91 Å². The molecule has 0 aliphatic carbocycles. The van der Waals surface area contributed by atoms with E-state index in [0.717, 1.165) is 49.9 Å². The first-order chi connectivity index (χ1) is 24.3. The van der Waals surface area contributed by atoms with E-state index in [-0.39, 0.29) is 44.6 Å². The van der Waals surface area contributed by atoms with Gasteiger partial charge in [0.1, 0.15) is 0 Å². The van der Waals surface area contributed by atoms with Crippen LogP contribution in [-0.2, 0) is 13.1 Å². The fraction of sp³-hybridized carbons (Fsp3) is 0.238. The van der Waals surface area contributed by atoms with E-state index in [0.29, 0.717) is 23.2 Å². The number of methoxy groups -OCH3 is 2. The molecule has 1 amide bonds. The quantitative estimate of drug-likeness (QED) is 0.148. The number of rotatable bonds is 7. The molecular formula is C42H48F2N4O5. The second-order valence-corrected chi connectivity index (χ2v) is 11.8. The topological polar surface area (TPSA) is 137 Å². The van der Waals surface area contributed by atoms with Crippen molar-refractivity contribution in [1.82, 2.24) is 15.3 Å². The van der Waals surface area contributed by atoms with Gasteiger partial charge in [-0.05, 0) is 123 Å². The SMILES string of the molecule is C.C.COc1ccc(CN)cc1F.COc1ccc(CNC(=O)c2ccc3nc(C)cc(C)c3c2)cc1F.Cc1cc(C)c2cc(C(=O)O)ccc2n1. The number of carboxylic acid groups (broad SMARTS) is 1. The average molecular weight is 727 g/mol. The largest absolute Gasteiger partial charge is 0.494 e. The number of ether oxygens (including phenoxy) is 2. The molecule has 0 saturated heterocycles. The van der Waals surface area contributed by atoms with Gasteiger partial charge in [-0.15, -0.1) is 0 Å². The van der Waals surface area contributed by atoms with Crippen molar-refractivity contribution in [2.45, 2.75) is 55.6 Å². The molecule has 4 aromatic carbocycles. The minimum absolute atomic E-state index is 0. The van der Waals surface area contributed by atoms with Crippen LogP contribution in [0.5, 0.6) is 11.5 Å². The number of aromatic nitrogens is 2. The maximum atomic E-state index is 13.7. The lowest BCUT2D eigenvalue weighted by atomic mass is 10.1. The zero-order chi connectivity index (χ0) is 37.2. The molecule has 2 aromatic heterocycles. The number of amides is 1. The van der Waals surface area contributed by atoms with Crippen LogP contribution in [0, 0.1) is 39.3 Å². The van der Waals surface area contributed by atoms with Crippen LogP contribution in [0.4, 0.5) is 8.78 Å². The number of carbonyl (C=O) groups is 2. The summed E-state index contributed by atoms with van der Waals surface area (Å²) in [6.45, 7) is 8.42. The van der Waals surface area contributed by atoms with Crippen molar-refractivity contribution >= 4 is 33.7 Å². The number of hydrogen-bond donors (Lipinski definition) is 3. The van der Waals surface area contributed by atoms with E-state index in [1.165, 1.54) is 26.4 Å². The summed E-state index contributed by atoms with van der Waals surface area (Å²) in [5.74, 6) is -1.49. The number of fused-ring (bicyclic) bond motifs is 2. The number of nitrogens with one attached hydrogen (secondary N) is 1. The summed E-state index contributed by atoms with van der Waals surface area (Å²) in [7, 11) is 2.85. The number of pyridine rings is 2. The van der Waals surface area contributed by atoms with Crippen molar-refractivity contribution in [3.8, 4) is 11.5 Å². The fourth-order valence-electron chi connectivity index (χ4n) is 5.34. The van der Waals surface area contributed by atoms with E-state index >= 15 is 0 Å². The second-order valence-electron chi connectivity index (χ2n) is 11.8. The Morgan fingerprint density at radius 2 is 1.13 bits per heavy atom. The van der Waals surface area contributed by atoms with Crippen LogP contribution in [0.1, 0.15) is 69.2 Å². The van der Waals surface area contributed by atoms with Gasteiger partial charge < -0.3 is 25.6 Å². The van der Waals surface area contributed by atoms with Crippen LogP contribution in [0.2, 0.25) is 0 Å². The first-order valence-corrected chi connectivity index (χ1v) is 16.0. The number of benzene rings is 4. The van der Waals surface area contributed by atoms with Crippen molar-refractivity contribution in [2.75, 3.05) is 14.2 Å². The van der Waals surface area contributed by atoms with Crippen LogP contribution in [-0.4, -0.2) is 41.2 Å². The minimum Gasteiger partial charge on any atom is -0.494 e. The van der Waals surface area contributed by atoms with Gasteiger partial charge >= 0.3 is 5.97 Å². The van der Waals surface area contributed by atoms with Gasteiger partial charge in [-0.1, -0.05) is 27.0 Å². The first-order valence-electron chi connectivity index (χ1n) is 16.0. The molecule has 280 valence electrons. The Labute approximate surface area is 309 Å². The molecule has 0 saturated carbocycles. The number of hydrogen-bond acceptors (Lipinski definition) is 7. The third-order valence-electron chi connectivity index (χ3n) is 7.92. The van der Waals surface area contributed by atoms with Gasteiger partial charge in [-0.25, -0.2) is 13.6 Å². The molecule has 11 heteroatoms. The lowest BCUT2D eigenvalue weighted by Gasteiger charge is -2.09. The van der Waals surface area contributed by atoms with E-state index in [1.807, 2.05) is 52.0 Å². The average Bonchev–Trinajstić information content (AvgIpc) is 3.10. The number of carbonyl (C=O) groups excluding carboxylic acids is 1. The predicted molar refractivity (Wildman–Crippen MR) is 208 cm³/mol. The third-order valence-corrected chi connectivity index (χ3v) is 7.92. The maximum Gasteiger partial charge on any atom is 0.335 e. The van der Waals surface area contributed by atoms with Crippen LogP contribution in [0.25, 0.3) is 21.8 Å². The Balaban J connectivity index is 0.000000297. The molecule has 0 aliphatic heterocycles. The van der Waals surface area contributed by atoms with Crippen LogP contribution in [0.3, 0.4) is 0 Å². The summed E-state index contributed by atoms with van der Waals surface area (Å²) in [5, 5.41) is 13.5. The number of halogens is 2. The minimum atomic E-state index is -0.906. The lowest BCUT2D eigenvalue weighted by Crippen LogP contribution is -2.22. The molecule has 0 bridgehead atoms. The Kier molecular flexibility index (Phi) is 16.0. The molecular weight excluding hydrogens is 678 g/mol. The highest BCUT2D eigenvalue weighted by Gasteiger charge is 2.10. The van der Waals surface area contributed by atoms with Crippen LogP contribution < -0.4 is 20.5 Å². The Morgan fingerprint density at radius 3 is 1.58 bits per heavy atom. The van der Waals surface area contributed by atoms with E-state index < -0.39 is 11.8 Å². The summed E-state index contributed by atoms with van der Waals surface area (Å²) in [6, 6.07) is 23.7. The van der Waals surface area contributed by atoms with Crippen molar-refractivity contribution in [3.63, 3.8) is 0 Å². The van der Waals surface area contributed by atoms with Gasteiger partial charge in [0.05, 0.1) is 30.8 Å². The fourth-order valence-corrected chi connectivity index (χ4v) is 5.34. The van der Waals surface area contributed by atoms with Crippen molar-refractivity contribution < 1.29 is 33.0 Å². The van der Waals surface area contributed by atoms with Crippen LogP contribution >= 0.6 is 0 Å². The molecule has 0 fully saturated rings. The predicted octanol–water partition coefficient (Wildman–Crippen LogP) is 9.04. The van der Waals surface area contributed by atoms with Crippen molar-refractivity contribution in [2.24, 2.45) is 5.73 Å². The van der Waals surface area contributed by atoms with Gasteiger partial charge in [0, 0.05) is 40.8 Å². The summed E-state index contributed by atoms with van der Waals surface area (Å²) in [4.78, 5) is 32.0. The number of nitrogens with zero attached hydrogens (tertiary/aromatic N) is 2. The molecule has 4 N–H and O–H groups in total. The normalized spacial score (nSPS) is 10.1. The molecule has 9 nitrogen and oxygen atoms in total. The summed E-state index contributed by atoms with van der Waals surface area (Å²) < 4.78 is 36.2. The Hall–Kier alpha value is -5.94. The van der Waals surface area contributed by atoms with E-state index in [4.69, 9.17) is 20.3 Å². The lowest BCUT2D eigenvalue weighted by molar-refractivity contribution is 0.0696. The second kappa shape index (κ2) is 19.6. The Bertz CT molecular complexity index is 2210. The van der Waals surface area contributed by atoms with Crippen molar-refractivity contribution in [3.05, 3.63) is 141 Å². The van der Waals surface area contributed by atoms with Crippen LogP contribution in [0.15, 0.2) is 84.9 Å².